The zero-order valence-corrected chi connectivity index (χ0v) is 9.29. The highest BCUT2D eigenvalue weighted by Gasteiger charge is 2.28. The molecule has 0 spiro atoms. The summed E-state index contributed by atoms with van der Waals surface area (Å²) in [5.41, 5.74) is -0.595. The average molecular weight is 201 g/mol. The van der Waals surface area contributed by atoms with E-state index >= 15 is 0 Å². The molecular formula is C11H23NO2. The standard InChI is InChI=1S/C11H23NO2/c1-3-11(14,4-2)8-12-9-6-5-7-10(9)13/h9-10,12-14H,3-8H2,1-2H3/t9-,10-/m1/s1. The molecular weight excluding hydrogens is 178 g/mol. The van der Waals surface area contributed by atoms with E-state index in [1.165, 1.54) is 0 Å². The predicted molar refractivity (Wildman–Crippen MR) is 57.2 cm³/mol. The molecule has 3 N–H and O–H groups in total. The van der Waals surface area contributed by atoms with Crippen LogP contribution in [0.1, 0.15) is 46.0 Å². The molecule has 2 atom stereocenters. The second-order valence-electron chi connectivity index (χ2n) is 4.42. The van der Waals surface area contributed by atoms with Crippen LogP contribution in [-0.2, 0) is 0 Å². The van der Waals surface area contributed by atoms with E-state index in [-0.39, 0.29) is 12.1 Å². The van der Waals surface area contributed by atoms with Crippen molar-refractivity contribution in [3.63, 3.8) is 0 Å². The van der Waals surface area contributed by atoms with Gasteiger partial charge in [-0.3, -0.25) is 0 Å². The molecule has 1 aliphatic rings. The highest BCUT2D eigenvalue weighted by atomic mass is 16.3. The van der Waals surface area contributed by atoms with Crippen LogP contribution in [-0.4, -0.2) is 34.5 Å². The van der Waals surface area contributed by atoms with Crippen molar-refractivity contribution < 1.29 is 10.2 Å². The Labute approximate surface area is 86.5 Å². The molecule has 0 unspecified atom stereocenters. The van der Waals surface area contributed by atoms with E-state index in [9.17, 15) is 10.2 Å². The van der Waals surface area contributed by atoms with E-state index in [0.29, 0.717) is 6.54 Å². The Morgan fingerprint density at radius 1 is 1.29 bits per heavy atom. The van der Waals surface area contributed by atoms with Crippen molar-refractivity contribution in [3.8, 4) is 0 Å². The lowest BCUT2D eigenvalue weighted by Crippen LogP contribution is -2.46. The second-order valence-corrected chi connectivity index (χ2v) is 4.42. The molecule has 0 heterocycles. The van der Waals surface area contributed by atoms with E-state index in [0.717, 1.165) is 32.1 Å². The molecule has 1 aliphatic carbocycles. The fourth-order valence-corrected chi connectivity index (χ4v) is 2.00. The van der Waals surface area contributed by atoms with Crippen LogP contribution in [0.5, 0.6) is 0 Å². The van der Waals surface area contributed by atoms with Gasteiger partial charge in [0.15, 0.2) is 0 Å². The van der Waals surface area contributed by atoms with Crippen LogP contribution in [0.4, 0.5) is 0 Å². The maximum Gasteiger partial charge on any atom is 0.0766 e. The summed E-state index contributed by atoms with van der Waals surface area (Å²) < 4.78 is 0. The van der Waals surface area contributed by atoms with Crippen molar-refractivity contribution in [2.75, 3.05) is 6.54 Å². The van der Waals surface area contributed by atoms with Crippen LogP contribution in [0.3, 0.4) is 0 Å². The molecule has 0 aromatic heterocycles. The number of aliphatic hydroxyl groups is 2. The number of aliphatic hydroxyl groups excluding tert-OH is 1. The van der Waals surface area contributed by atoms with Gasteiger partial charge in [-0.25, -0.2) is 0 Å². The van der Waals surface area contributed by atoms with Gasteiger partial charge in [0.05, 0.1) is 11.7 Å². The second kappa shape index (κ2) is 5.10. The highest BCUT2D eigenvalue weighted by Crippen LogP contribution is 2.20. The first-order valence-electron chi connectivity index (χ1n) is 5.75. The maximum absolute atomic E-state index is 10.0. The van der Waals surface area contributed by atoms with Gasteiger partial charge in [0.1, 0.15) is 0 Å². The quantitative estimate of drug-likeness (QED) is 0.623. The van der Waals surface area contributed by atoms with Gasteiger partial charge in [-0.2, -0.15) is 0 Å². The number of hydrogen-bond acceptors (Lipinski definition) is 3. The van der Waals surface area contributed by atoms with Crippen LogP contribution in [0.15, 0.2) is 0 Å². The van der Waals surface area contributed by atoms with Gasteiger partial charge in [0.2, 0.25) is 0 Å². The number of hydrogen-bond donors (Lipinski definition) is 3. The van der Waals surface area contributed by atoms with Crippen molar-refractivity contribution in [1.29, 1.82) is 0 Å². The average Bonchev–Trinajstić information content (AvgIpc) is 2.61. The molecule has 1 rings (SSSR count). The molecule has 84 valence electrons. The Hall–Kier alpha value is -0.120. The third-order valence-electron chi connectivity index (χ3n) is 3.49. The molecule has 0 aromatic carbocycles. The van der Waals surface area contributed by atoms with Crippen molar-refractivity contribution in [3.05, 3.63) is 0 Å². The summed E-state index contributed by atoms with van der Waals surface area (Å²) in [5.74, 6) is 0. The Morgan fingerprint density at radius 2 is 1.93 bits per heavy atom. The van der Waals surface area contributed by atoms with Crippen molar-refractivity contribution in [1.82, 2.24) is 5.32 Å². The predicted octanol–water partition coefficient (Wildman–Crippen LogP) is 1.04. The van der Waals surface area contributed by atoms with Crippen LogP contribution in [0.25, 0.3) is 0 Å². The SMILES string of the molecule is CCC(O)(CC)CN[C@@H]1CCC[C@H]1O. The smallest absolute Gasteiger partial charge is 0.0766 e. The monoisotopic (exact) mass is 201 g/mol. The van der Waals surface area contributed by atoms with E-state index in [1.807, 2.05) is 13.8 Å². The van der Waals surface area contributed by atoms with Crippen molar-refractivity contribution in [2.45, 2.75) is 63.7 Å². The van der Waals surface area contributed by atoms with Crippen LogP contribution in [0.2, 0.25) is 0 Å². The fourth-order valence-electron chi connectivity index (χ4n) is 2.00. The molecule has 0 aromatic rings. The maximum atomic E-state index is 10.0. The normalized spacial score (nSPS) is 28.3. The summed E-state index contributed by atoms with van der Waals surface area (Å²) in [5, 5.41) is 22.9. The van der Waals surface area contributed by atoms with Gasteiger partial charge >= 0.3 is 0 Å². The molecule has 0 bridgehead atoms. The zero-order chi connectivity index (χ0) is 10.6. The Bertz CT molecular complexity index is 169. The van der Waals surface area contributed by atoms with Crippen molar-refractivity contribution in [2.24, 2.45) is 0 Å². The topological polar surface area (TPSA) is 52.5 Å². The number of rotatable bonds is 5. The first kappa shape index (κ1) is 12.0. The van der Waals surface area contributed by atoms with Gasteiger partial charge in [0, 0.05) is 12.6 Å². The zero-order valence-electron chi connectivity index (χ0n) is 9.29. The lowest BCUT2D eigenvalue weighted by Gasteiger charge is -2.28. The molecule has 1 saturated carbocycles. The lowest BCUT2D eigenvalue weighted by atomic mass is 9.97. The number of nitrogens with one attached hydrogen (secondary N) is 1. The van der Waals surface area contributed by atoms with Crippen LogP contribution >= 0.6 is 0 Å². The van der Waals surface area contributed by atoms with Gasteiger partial charge in [-0.15, -0.1) is 0 Å². The minimum Gasteiger partial charge on any atom is -0.392 e. The Kier molecular flexibility index (Phi) is 4.35. The summed E-state index contributed by atoms with van der Waals surface area (Å²) in [7, 11) is 0. The van der Waals surface area contributed by atoms with Gasteiger partial charge in [-0.1, -0.05) is 13.8 Å². The minimum atomic E-state index is -0.595. The summed E-state index contributed by atoms with van der Waals surface area (Å²) >= 11 is 0. The highest BCUT2D eigenvalue weighted by molar-refractivity contribution is 4.86. The largest absolute Gasteiger partial charge is 0.392 e. The third kappa shape index (κ3) is 2.94. The summed E-state index contributed by atoms with van der Waals surface area (Å²) in [4.78, 5) is 0. The fraction of sp³-hybridized carbons (Fsp3) is 1.00. The first-order chi connectivity index (χ1) is 6.61. The van der Waals surface area contributed by atoms with Crippen LogP contribution < -0.4 is 5.32 Å². The first-order valence-corrected chi connectivity index (χ1v) is 5.75. The molecule has 0 radical (unpaired) electrons. The van der Waals surface area contributed by atoms with E-state index in [1.54, 1.807) is 0 Å². The van der Waals surface area contributed by atoms with Gasteiger partial charge in [-0.05, 0) is 32.1 Å². The molecule has 3 heteroatoms. The van der Waals surface area contributed by atoms with Crippen LogP contribution in [0, 0.1) is 0 Å². The summed E-state index contributed by atoms with van der Waals surface area (Å²) in [6.45, 7) is 4.59. The van der Waals surface area contributed by atoms with E-state index in [2.05, 4.69) is 5.32 Å². The summed E-state index contributed by atoms with van der Waals surface area (Å²) in [6.07, 6.45) is 4.33. The molecule has 0 saturated heterocycles. The minimum absolute atomic E-state index is 0.194. The molecule has 0 aliphatic heterocycles. The Morgan fingerprint density at radius 3 is 2.36 bits per heavy atom. The van der Waals surface area contributed by atoms with E-state index < -0.39 is 5.60 Å². The van der Waals surface area contributed by atoms with Crippen molar-refractivity contribution >= 4 is 0 Å². The Balaban J connectivity index is 2.31. The van der Waals surface area contributed by atoms with Gasteiger partial charge in [0.25, 0.3) is 0 Å². The summed E-state index contributed by atoms with van der Waals surface area (Å²) in [6, 6.07) is 0.194. The van der Waals surface area contributed by atoms with E-state index in [4.69, 9.17) is 0 Å². The lowest BCUT2D eigenvalue weighted by molar-refractivity contribution is 0.0247. The third-order valence-corrected chi connectivity index (χ3v) is 3.49. The van der Waals surface area contributed by atoms with Gasteiger partial charge < -0.3 is 15.5 Å². The molecule has 0 amide bonds. The molecule has 3 nitrogen and oxygen atoms in total. The molecule has 1 fully saturated rings. The molecule has 14 heavy (non-hydrogen) atoms.